The molecule has 1 fully saturated rings. The van der Waals surface area contributed by atoms with Crippen LogP contribution < -0.4 is 0 Å². The Morgan fingerprint density at radius 1 is 1.47 bits per heavy atom. The lowest BCUT2D eigenvalue weighted by atomic mass is 10.3. The van der Waals surface area contributed by atoms with Crippen LogP contribution in [0.3, 0.4) is 0 Å². The Labute approximate surface area is 112 Å². The number of aliphatic carboxylic acids is 1. The minimum atomic E-state index is -3.82. The molecule has 0 spiro atoms. The molecular weight excluding hydrogens is 268 g/mol. The molecule has 104 valence electrons. The van der Waals surface area contributed by atoms with Gasteiger partial charge in [-0.3, -0.25) is 9.78 Å². The Morgan fingerprint density at radius 2 is 2.05 bits per heavy atom. The van der Waals surface area contributed by atoms with Crippen LogP contribution in [0.2, 0.25) is 0 Å². The average Bonchev–Trinajstić information content (AvgIpc) is 3.20. The molecule has 1 aromatic rings. The molecule has 0 saturated heterocycles. The molecule has 2 rings (SSSR count). The standard InChI is InChI=1S/C12H16N2O4S/c1-9(12(15)16)19(17,18)14(11-2-3-11)8-10-4-6-13-7-5-10/h4-7,9,11H,2-3,8H2,1H3,(H,15,16). The van der Waals surface area contributed by atoms with Crippen LogP contribution in [0.15, 0.2) is 24.5 Å². The maximum atomic E-state index is 12.3. The van der Waals surface area contributed by atoms with Gasteiger partial charge in [-0.2, -0.15) is 4.31 Å². The predicted molar refractivity (Wildman–Crippen MR) is 68.8 cm³/mol. The summed E-state index contributed by atoms with van der Waals surface area (Å²) in [5.74, 6) is -1.32. The molecular formula is C12H16N2O4S. The van der Waals surface area contributed by atoms with Crippen molar-refractivity contribution in [1.29, 1.82) is 0 Å². The Kier molecular flexibility index (Phi) is 3.86. The molecule has 19 heavy (non-hydrogen) atoms. The number of pyridine rings is 1. The Morgan fingerprint density at radius 3 is 2.53 bits per heavy atom. The van der Waals surface area contributed by atoms with Crippen LogP contribution in [0.5, 0.6) is 0 Å². The highest BCUT2D eigenvalue weighted by atomic mass is 32.2. The smallest absolute Gasteiger partial charge is 0.323 e. The molecule has 0 aromatic carbocycles. The number of hydrogen-bond donors (Lipinski definition) is 1. The van der Waals surface area contributed by atoms with Crippen molar-refractivity contribution in [2.24, 2.45) is 0 Å². The number of sulfonamides is 1. The summed E-state index contributed by atoms with van der Waals surface area (Å²) in [7, 11) is -3.82. The summed E-state index contributed by atoms with van der Waals surface area (Å²) in [5.41, 5.74) is 0.808. The third kappa shape index (κ3) is 3.10. The van der Waals surface area contributed by atoms with Crippen LogP contribution >= 0.6 is 0 Å². The molecule has 1 aliphatic rings. The largest absolute Gasteiger partial charge is 0.480 e. The molecule has 0 aliphatic heterocycles. The van der Waals surface area contributed by atoms with E-state index in [-0.39, 0.29) is 12.6 Å². The van der Waals surface area contributed by atoms with Crippen molar-refractivity contribution >= 4 is 16.0 Å². The van der Waals surface area contributed by atoms with Gasteiger partial charge in [-0.1, -0.05) is 0 Å². The second-order valence-electron chi connectivity index (χ2n) is 4.66. The highest BCUT2D eigenvalue weighted by Gasteiger charge is 2.42. The van der Waals surface area contributed by atoms with Gasteiger partial charge >= 0.3 is 5.97 Å². The number of aromatic nitrogens is 1. The van der Waals surface area contributed by atoms with E-state index < -0.39 is 21.2 Å². The Balaban J connectivity index is 2.24. The minimum Gasteiger partial charge on any atom is -0.480 e. The van der Waals surface area contributed by atoms with Crippen molar-refractivity contribution in [1.82, 2.24) is 9.29 Å². The number of carboxylic acids is 1. The Bertz CT molecular complexity index is 554. The van der Waals surface area contributed by atoms with E-state index in [0.717, 1.165) is 18.4 Å². The van der Waals surface area contributed by atoms with E-state index in [0.29, 0.717) is 0 Å². The summed E-state index contributed by atoms with van der Waals surface area (Å²) in [6.45, 7) is 1.41. The van der Waals surface area contributed by atoms with Gasteiger partial charge in [0.1, 0.15) is 0 Å². The first-order chi connectivity index (χ1) is 8.93. The molecule has 1 atom stereocenters. The van der Waals surface area contributed by atoms with Gasteiger partial charge in [-0.15, -0.1) is 0 Å². The Hall–Kier alpha value is -1.47. The lowest BCUT2D eigenvalue weighted by Gasteiger charge is -2.24. The number of nitrogens with zero attached hydrogens (tertiary/aromatic N) is 2. The summed E-state index contributed by atoms with van der Waals surface area (Å²) in [6.07, 6.45) is 4.76. The average molecular weight is 284 g/mol. The maximum Gasteiger partial charge on any atom is 0.323 e. The van der Waals surface area contributed by atoms with Gasteiger partial charge < -0.3 is 5.11 Å². The van der Waals surface area contributed by atoms with Gasteiger partial charge in [0.05, 0.1) is 0 Å². The quantitative estimate of drug-likeness (QED) is 0.836. The third-order valence-electron chi connectivity index (χ3n) is 3.16. The SMILES string of the molecule is CC(C(=O)O)S(=O)(=O)N(Cc1ccncc1)C1CC1. The van der Waals surface area contributed by atoms with Crippen molar-refractivity contribution in [2.75, 3.05) is 0 Å². The van der Waals surface area contributed by atoms with Crippen molar-refractivity contribution in [3.8, 4) is 0 Å². The third-order valence-corrected chi connectivity index (χ3v) is 5.34. The van der Waals surface area contributed by atoms with Crippen LogP contribution in [0.1, 0.15) is 25.3 Å². The molecule has 1 aromatic heterocycles. The van der Waals surface area contributed by atoms with Crippen LogP contribution in [-0.4, -0.2) is 40.1 Å². The highest BCUT2D eigenvalue weighted by molar-refractivity contribution is 7.90. The van der Waals surface area contributed by atoms with Gasteiger partial charge in [-0.05, 0) is 37.5 Å². The molecule has 7 heteroatoms. The van der Waals surface area contributed by atoms with Crippen LogP contribution in [-0.2, 0) is 21.4 Å². The second-order valence-corrected chi connectivity index (χ2v) is 6.86. The lowest BCUT2D eigenvalue weighted by molar-refractivity contribution is -0.136. The van der Waals surface area contributed by atoms with Gasteiger partial charge in [-0.25, -0.2) is 8.42 Å². The fourth-order valence-electron chi connectivity index (χ4n) is 1.79. The van der Waals surface area contributed by atoms with E-state index in [1.54, 1.807) is 24.5 Å². The molecule has 1 aliphatic carbocycles. The van der Waals surface area contributed by atoms with E-state index in [9.17, 15) is 13.2 Å². The molecule has 1 saturated carbocycles. The fraction of sp³-hybridized carbons (Fsp3) is 0.500. The van der Waals surface area contributed by atoms with Crippen molar-refractivity contribution < 1.29 is 18.3 Å². The predicted octanol–water partition coefficient (Wildman–Crippen LogP) is 0.849. The van der Waals surface area contributed by atoms with Crippen molar-refractivity contribution in [3.05, 3.63) is 30.1 Å². The fourth-order valence-corrected chi connectivity index (χ4v) is 3.40. The summed E-state index contributed by atoms with van der Waals surface area (Å²) in [6, 6.07) is 3.40. The topological polar surface area (TPSA) is 87.6 Å². The number of rotatable bonds is 6. The van der Waals surface area contributed by atoms with Gasteiger partial charge in [0.2, 0.25) is 10.0 Å². The summed E-state index contributed by atoms with van der Waals surface area (Å²) in [4.78, 5) is 14.8. The van der Waals surface area contributed by atoms with Gasteiger partial charge in [0, 0.05) is 25.0 Å². The minimum absolute atomic E-state index is 0.0695. The molecule has 0 bridgehead atoms. The molecule has 0 radical (unpaired) electrons. The molecule has 1 heterocycles. The first-order valence-electron chi connectivity index (χ1n) is 6.05. The molecule has 0 amide bonds. The maximum absolute atomic E-state index is 12.3. The summed E-state index contributed by atoms with van der Waals surface area (Å²) < 4.78 is 25.9. The zero-order valence-electron chi connectivity index (χ0n) is 10.6. The molecule has 6 nitrogen and oxygen atoms in total. The van der Waals surface area contributed by atoms with E-state index in [2.05, 4.69) is 4.98 Å². The monoisotopic (exact) mass is 284 g/mol. The second kappa shape index (κ2) is 5.26. The summed E-state index contributed by atoms with van der Waals surface area (Å²) in [5, 5.41) is 7.50. The lowest BCUT2D eigenvalue weighted by Crippen LogP contribution is -2.42. The zero-order chi connectivity index (χ0) is 14.0. The van der Waals surface area contributed by atoms with E-state index in [1.807, 2.05) is 0 Å². The van der Waals surface area contributed by atoms with Crippen LogP contribution in [0, 0.1) is 0 Å². The first-order valence-corrected chi connectivity index (χ1v) is 7.55. The van der Waals surface area contributed by atoms with Crippen LogP contribution in [0.25, 0.3) is 0 Å². The zero-order valence-corrected chi connectivity index (χ0v) is 11.4. The van der Waals surface area contributed by atoms with E-state index in [4.69, 9.17) is 5.11 Å². The number of carboxylic acid groups (broad SMARTS) is 1. The molecule has 1 N–H and O–H groups in total. The number of hydrogen-bond acceptors (Lipinski definition) is 4. The summed E-state index contributed by atoms with van der Waals surface area (Å²) >= 11 is 0. The van der Waals surface area contributed by atoms with Crippen molar-refractivity contribution in [2.45, 2.75) is 37.6 Å². The van der Waals surface area contributed by atoms with E-state index >= 15 is 0 Å². The normalized spacial score (nSPS) is 17.4. The van der Waals surface area contributed by atoms with E-state index in [1.165, 1.54) is 11.2 Å². The number of carbonyl (C=O) groups is 1. The highest BCUT2D eigenvalue weighted by Crippen LogP contribution is 2.32. The van der Waals surface area contributed by atoms with Crippen molar-refractivity contribution in [3.63, 3.8) is 0 Å². The molecule has 1 unspecified atom stereocenters. The first kappa shape index (κ1) is 14.0. The van der Waals surface area contributed by atoms with Crippen LogP contribution in [0.4, 0.5) is 0 Å². The van der Waals surface area contributed by atoms with Gasteiger partial charge in [0.25, 0.3) is 0 Å². The van der Waals surface area contributed by atoms with Gasteiger partial charge in [0.15, 0.2) is 5.25 Å².